The lowest BCUT2D eigenvalue weighted by Crippen LogP contribution is -2.12. The number of aliphatic hydroxyl groups is 1. The van der Waals surface area contributed by atoms with Crippen LogP contribution in [0.15, 0.2) is 18.2 Å². The first-order valence-electron chi connectivity index (χ1n) is 4.76. The molecule has 0 aliphatic heterocycles. The Hall–Kier alpha value is -0.960. The van der Waals surface area contributed by atoms with E-state index >= 15 is 0 Å². The summed E-state index contributed by atoms with van der Waals surface area (Å²) in [5.74, 6) is -1.73. The van der Waals surface area contributed by atoms with Gasteiger partial charge in [-0.25, -0.2) is 8.78 Å². The van der Waals surface area contributed by atoms with Crippen molar-refractivity contribution in [2.45, 2.75) is 25.4 Å². The van der Waals surface area contributed by atoms with Crippen LogP contribution < -0.4 is 0 Å². The van der Waals surface area contributed by atoms with Crippen molar-refractivity contribution in [3.8, 4) is 0 Å². The van der Waals surface area contributed by atoms with Crippen LogP contribution in [0.4, 0.5) is 8.78 Å². The minimum atomic E-state index is -1.12. The van der Waals surface area contributed by atoms with Gasteiger partial charge in [-0.2, -0.15) is 0 Å². The topological polar surface area (TPSA) is 20.2 Å². The Morgan fingerprint density at radius 2 is 2.21 bits per heavy atom. The molecule has 1 aliphatic carbocycles. The first-order valence-corrected chi connectivity index (χ1v) is 4.76. The number of rotatable bonds is 2. The van der Waals surface area contributed by atoms with E-state index in [-0.39, 0.29) is 11.5 Å². The molecule has 0 bridgehead atoms. The summed E-state index contributed by atoms with van der Waals surface area (Å²) in [6.07, 6.45) is 1.32. The number of hydrogen-bond donors (Lipinski definition) is 1. The average molecular weight is 198 g/mol. The molecule has 0 spiro atoms. The summed E-state index contributed by atoms with van der Waals surface area (Å²) in [5, 5.41) is 9.96. The van der Waals surface area contributed by atoms with Crippen LogP contribution in [0.3, 0.4) is 0 Å². The standard InChI is InChI=1S/C11H12F2O/c1-2-7-6-11(7,14)8-4-3-5-9(12)10(8)13/h3-5,7,14H,2,6H2,1H3. The van der Waals surface area contributed by atoms with E-state index < -0.39 is 17.2 Å². The molecule has 14 heavy (non-hydrogen) atoms. The van der Waals surface area contributed by atoms with Crippen molar-refractivity contribution < 1.29 is 13.9 Å². The van der Waals surface area contributed by atoms with Crippen molar-refractivity contribution in [1.82, 2.24) is 0 Å². The molecule has 1 nitrogen and oxygen atoms in total. The van der Waals surface area contributed by atoms with Crippen molar-refractivity contribution in [2.24, 2.45) is 5.92 Å². The highest BCUT2D eigenvalue weighted by molar-refractivity contribution is 5.31. The van der Waals surface area contributed by atoms with Gasteiger partial charge in [0.2, 0.25) is 0 Å². The van der Waals surface area contributed by atoms with Gasteiger partial charge >= 0.3 is 0 Å². The Kier molecular flexibility index (Phi) is 2.07. The Morgan fingerprint density at radius 3 is 2.79 bits per heavy atom. The van der Waals surface area contributed by atoms with Gasteiger partial charge in [-0.3, -0.25) is 0 Å². The van der Waals surface area contributed by atoms with Gasteiger partial charge in [0.05, 0.1) is 5.60 Å². The molecule has 0 amide bonds. The van der Waals surface area contributed by atoms with Gasteiger partial charge in [0.1, 0.15) is 0 Å². The van der Waals surface area contributed by atoms with Crippen LogP contribution in [0, 0.1) is 17.6 Å². The normalized spacial score (nSPS) is 30.4. The van der Waals surface area contributed by atoms with Gasteiger partial charge < -0.3 is 5.11 Å². The highest BCUT2D eigenvalue weighted by atomic mass is 19.2. The number of benzene rings is 1. The van der Waals surface area contributed by atoms with Gasteiger partial charge in [0, 0.05) is 5.56 Å². The SMILES string of the molecule is CCC1CC1(O)c1cccc(F)c1F. The zero-order valence-corrected chi connectivity index (χ0v) is 7.93. The van der Waals surface area contributed by atoms with Crippen molar-refractivity contribution >= 4 is 0 Å². The van der Waals surface area contributed by atoms with E-state index in [1.165, 1.54) is 12.1 Å². The summed E-state index contributed by atoms with van der Waals surface area (Å²) < 4.78 is 26.2. The van der Waals surface area contributed by atoms with E-state index in [1.54, 1.807) is 0 Å². The van der Waals surface area contributed by atoms with E-state index in [4.69, 9.17) is 0 Å². The van der Waals surface area contributed by atoms with Crippen molar-refractivity contribution in [1.29, 1.82) is 0 Å². The monoisotopic (exact) mass is 198 g/mol. The fraction of sp³-hybridized carbons (Fsp3) is 0.455. The fourth-order valence-electron chi connectivity index (χ4n) is 1.97. The molecule has 0 radical (unpaired) electrons. The van der Waals surface area contributed by atoms with Crippen LogP contribution >= 0.6 is 0 Å². The zero-order valence-electron chi connectivity index (χ0n) is 7.93. The third-order valence-electron chi connectivity index (χ3n) is 2.98. The highest BCUT2D eigenvalue weighted by Crippen LogP contribution is 2.54. The quantitative estimate of drug-likeness (QED) is 0.774. The maximum atomic E-state index is 13.3. The maximum absolute atomic E-state index is 13.3. The van der Waals surface area contributed by atoms with E-state index in [0.717, 1.165) is 12.5 Å². The molecule has 76 valence electrons. The molecule has 1 saturated carbocycles. The lowest BCUT2D eigenvalue weighted by Gasteiger charge is -2.11. The second-order valence-corrected chi connectivity index (χ2v) is 3.83. The third-order valence-corrected chi connectivity index (χ3v) is 2.98. The Morgan fingerprint density at radius 1 is 1.50 bits per heavy atom. The maximum Gasteiger partial charge on any atom is 0.164 e. The molecule has 0 heterocycles. The van der Waals surface area contributed by atoms with Gasteiger partial charge in [0.25, 0.3) is 0 Å². The van der Waals surface area contributed by atoms with Crippen LogP contribution in [0.5, 0.6) is 0 Å². The second kappa shape index (κ2) is 3.02. The average Bonchev–Trinajstić information content (AvgIpc) is 2.83. The molecule has 0 saturated heterocycles. The molecule has 1 N–H and O–H groups in total. The molecule has 2 unspecified atom stereocenters. The lowest BCUT2D eigenvalue weighted by atomic mass is 10.0. The van der Waals surface area contributed by atoms with E-state index in [2.05, 4.69) is 0 Å². The number of halogens is 2. The third kappa shape index (κ3) is 1.23. The summed E-state index contributed by atoms with van der Waals surface area (Å²) in [4.78, 5) is 0. The molecular formula is C11H12F2O. The minimum Gasteiger partial charge on any atom is -0.385 e. The van der Waals surface area contributed by atoms with E-state index in [1.807, 2.05) is 6.92 Å². The summed E-state index contributed by atoms with van der Waals surface area (Å²) in [6.45, 7) is 1.93. The van der Waals surface area contributed by atoms with E-state index in [0.29, 0.717) is 6.42 Å². The Bertz CT molecular complexity index is 364. The van der Waals surface area contributed by atoms with Crippen molar-refractivity contribution in [3.63, 3.8) is 0 Å². The molecule has 2 atom stereocenters. The van der Waals surface area contributed by atoms with Gasteiger partial charge in [-0.1, -0.05) is 25.5 Å². The summed E-state index contributed by atoms with van der Waals surface area (Å²) in [5.41, 5.74) is -1.02. The lowest BCUT2D eigenvalue weighted by molar-refractivity contribution is 0.125. The summed E-state index contributed by atoms with van der Waals surface area (Å²) in [6, 6.07) is 3.94. The predicted octanol–water partition coefficient (Wildman–Crippen LogP) is 2.58. The molecule has 2 rings (SSSR count). The Balaban J connectivity index is 2.39. The van der Waals surface area contributed by atoms with Gasteiger partial charge in [-0.05, 0) is 18.4 Å². The minimum absolute atomic E-state index is 0.0683. The van der Waals surface area contributed by atoms with Gasteiger partial charge in [0.15, 0.2) is 11.6 Å². The molecule has 1 fully saturated rings. The zero-order chi connectivity index (χ0) is 10.3. The highest BCUT2D eigenvalue weighted by Gasteiger charge is 2.54. The Labute approximate surface area is 81.4 Å². The van der Waals surface area contributed by atoms with Gasteiger partial charge in [-0.15, -0.1) is 0 Å². The summed E-state index contributed by atoms with van der Waals surface area (Å²) in [7, 11) is 0. The van der Waals surface area contributed by atoms with Crippen molar-refractivity contribution in [3.05, 3.63) is 35.4 Å². The van der Waals surface area contributed by atoms with Crippen LogP contribution in [0.25, 0.3) is 0 Å². The van der Waals surface area contributed by atoms with Crippen LogP contribution in [-0.2, 0) is 5.60 Å². The molecule has 0 aromatic heterocycles. The first-order chi connectivity index (χ1) is 6.59. The van der Waals surface area contributed by atoms with Crippen molar-refractivity contribution in [2.75, 3.05) is 0 Å². The number of hydrogen-bond acceptors (Lipinski definition) is 1. The van der Waals surface area contributed by atoms with E-state index in [9.17, 15) is 13.9 Å². The van der Waals surface area contributed by atoms with Crippen LogP contribution in [0.2, 0.25) is 0 Å². The molecule has 1 aliphatic rings. The summed E-state index contributed by atoms with van der Waals surface area (Å²) >= 11 is 0. The molecule has 1 aromatic rings. The van der Waals surface area contributed by atoms with Crippen LogP contribution in [0.1, 0.15) is 25.3 Å². The largest absolute Gasteiger partial charge is 0.385 e. The molecule has 1 aromatic carbocycles. The smallest absolute Gasteiger partial charge is 0.164 e. The second-order valence-electron chi connectivity index (χ2n) is 3.83. The first kappa shape index (κ1) is 9.59. The fourth-order valence-corrected chi connectivity index (χ4v) is 1.97. The predicted molar refractivity (Wildman–Crippen MR) is 48.7 cm³/mol. The molecule has 3 heteroatoms. The van der Waals surface area contributed by atoms with Crippen LogP contribution in [-0.4, -0.2) is 5.11 Å². The molecular weight excluding hydrogens is 186 g/mol.